The second-order valence-electron chi connectivity index (χ2n) is 6.95. The number of nitrogens with one attached hydrogen (secondary N) is 1. The van der Waals surface area contributed by atoms with E-state index >= 15 is 0 Å². The summed E-state index contributed by atoms with van der Waals surface area (Å²) in [6.07, 6.45) is 0.770. The summed E-state index contributed by atoms with van der Waals surface area (Å²) in [5.74, 6) is 1.13. The van der Waals surface area contributed by atoms with Gasteiger partial charge in [-0.1, -0.05) is 25.1 Å². The number of amides is 1. The van der Waals surface area contributed by atoms with E-state index < -0.39 is 16.1 Å². The number of benzene rings is 2. The number of hydrogen-bond acceptors (Lipinski definition) is 6. The molecule has 1 heterocycles. The molecular weight excluding hydrogens is 408 g/mol. The van der Waals surface area contributed by atoms with Crippen LogP contribution >= 0.6 is 0 Å². The lowest BCUT2D eigenvalue weighted by atomic mass is 10.0. The number of anilines is 1. The number of para-hydroxylation sites is 2. The molecule has 1 aliphatic heterocycles. The summed E-state index contributed by atoms with van der Waals surface area (Å²) in [6.45, 7) is 1.85. The van der Waals surface area contributed by atoms with Crippen LogP contribution in [-0.2, 0) is 14.8 Å². The fourth-order valence-electron chi connectivity index (χ4n) is 3.41. The number of carbonyl (C=O) groups is 1. The van der Waals surface area contributed by atoms with Crippen molar-refractivity contribution in [2.75, 3.05) is 31.3 Å². The highest BCUT2D eigenvalue weighted by atomic mass is 32.2. The number of rotatable bonds is 7. The maximum Gasteiger partial charge on any atom is 0.263 e. The molecule has 1 N–H and O–H groups in total. The predicted molar refractivity (Wildman–Crippen MR) is 114 cm³/mol. The molecular formula is C21H26N2O6S. The Morgan fingerprint density at radius 3 is 2.53 bits per heavy atom. The fourth-order valence-corrected chi connectivity index (χ4v) is 4.32. The van der Waals surface area contributed by atoms with Crippen molar-refractivity contribution in [3.8, 4) is 17.2 Å². The Kier molecular flexibility index (Phi) is 6.40. The highest BCUT2D eigenvalue weighted by molar-refractivity contribution is 7.92. The first-order valence-corrected chi connectivity index (χ1v) is 11.4. The van der Waals surface area contributed by atoms with E-state index in [-0.39, 0.29) is 18.5 Å². The molecule has 0 radical (unpaired) electrons. The van der Waals surface area contributed by atoms with Crippen molar-refractivity contribution in [3.05, 3.63) is 48.0 Å². The number of ether oxygens (including phenoxy) is 3. The molecule has 0 bridgehead atoms. The standard InChI is InChI=1S/C21H26N2O6S/c1-5-15(14-10-11-18(27-2)19(12-14)28-3)22-21(24)20-13-23(30(4,25)26)16-8-6-7-9-17(16)29-20/h6-12,15,20H,5,13H2,1-4H3,(H,22,24)/t15-,20+/m0/s1. The Balaban J connectivity index is 1.82. The Labute approximate surface area is 176 Å². The summed E-state index contributed by atoms with van der Waals surface area (Å²) in [4.78, 5) is 13.0. The minimum absolute atomic E-state index is 0.0932. The van der Waals surface area contributed by atoms with Crippen LogP contribution in [0.25, 0.3) is 0 Å². The summed E-state index contributed by atoms with van der Waals surface area (Å²) < 4.78 is 42.2. The van der Waals surface area contributed by atoms with Crippen molar-refractivity contribution in [3.63, 3.8) is 0 Å². The molecule has 3 rings (SSSR count). The number of methoxy groups -OCH3 is 2. The third kappa shape index (κ3) is 4.46. The molecule has 8 nitrogen and oxygen atoms in total. The summed E-state index contributed by atoms with van der Waals surface area (Å²) in [7, 11) is -0.458. The summed E-state index contributed by atoms with van der Waals surface area (Å²) >= 11 is 0. The molecule has 0 aliphatic carbocycles. The second kappa shape index (κ2) is 8.83. The third-order valence-electron chi connectivity index (χ3n) is 4.96. The Morgan fingerprint density at radius 2 is 1.90 bits per heavy atom. The molecule has 0 unspecified atom stereocenters. The average Bonchev–Trinajstić information content (AvgIpc) is 2.75. The second-order valence-corrected chi connectivity index (χ2v) is 8.86. The molecule has 1 amide bonds. The van der Waals surface area contributed by atoms with Crippen molar-refractivity contribution in [1.82, 2.24) is 5.32 Å². The van der Waals surface area contributed by atoms with E-state index in [1.54, 1.807) is 44.6 Å². The third-order valence-corrected chi connectivity index (χ3v) is 6.11. The van der Waals surface area contributed by atoms with Gasteiger partial charge in [0, 0.05) is 0 Å². The molecule has 0 spiro atoms. The highest BCUT2D eigenvalue weighted by Crippen LogP contribution is 2.35. The largest absolute Gasteiger partial charge is 0.493 e. The first-order chi connectivity index (χ1) is 14.3. The monoisotopic (exact) mass is 434 g/mol. The Hall–Kier alpha value is -2.94. The Bertz CT molecular complexity index is 1020. The minimum atomic E-state index is -3.57. The predicted octanol–water partition coefficient (Wildman–Crippen LogP) is 2.50. The van der Waals surface area contributed by atoms with E-state index in [1.807, 2.05) is 19.1 Å². The van der Waals surface area contributed by atoms with E-state index in [2.05, 4.69) is 5.32 Å². The first-order valence-electron chi connectivity index (χ1n) is 9.54. The van der Waals surface area contributed by atoms with E-state index in [1.165, 1.54) is 4.31 Å². The topological polar surface area (TPSA) is 94.2 Å². The van der Waals surface area contributed by atoms with Gasteiger partial charge in [0.1, 0.15) is 5.75 Å². The smallest absolute Gasteiger partial charge is 0.263 e. The average molecular weight is 435 g/mol. The van der Waals surface area contributed by atoms with Crippen LogP contribution in [-0.4, -0.2) is 47.4 Å². The molecule has 0 saturated carbocycles. The lowest BCUT2D eigenvalue weighted by Crippen LogP contribution is -2.51. The molecule has 30 heavy (non-hydrogen) atoms. The number of sulfonamides is 1. The van der Waals surface area contributed by atoms with Gasteiger partial charge in [-0.05, 0) is 36.2 Å². The zero-order valence-electron chi connectivity index (χ0n) is 17.4. The summed E-state index contributed by atoms with van der Waals surface area (Å²) in [5, 5.41) is 2.96. The summed E-state index contributed by atoms with van der Waals surface area (Å²) in [5.41, 5.74) is 1.27. The van der Waals surface area contributed by atoms with Crippen molar-refractivity contribution in [2.45, 2.75) is 25.5 Å². The van der Waals surface area contributed by atoms with Gasteiger partial charge in [0.25, 0.3) is 5.91 Å². The van der Waals surface area contributed by atoms with Gasteiger partial charge in [0.15, 0.2) is 17.6 Å². The molecule has 9 heteroatoms. The molecule has 2 atom stereocenters. The lowest BCUT2D eigenvalue weighted by Gasteiger charge is -2.34. The van der Waals surface area contributed by atoms with Crippen molar-refractivity contribution in [1.29, 1.82) is 0 Å². The molecule has 162 valence electrons. The van der Waals surface area contributed by atoms with Crippen LogP contribution in [0.1, 0.15) is 24.9 Å². The molecule has 0 aromatic heterocycles. The van der Waals surface area contributed by atoms with Gasteiger partial charge < -0.3 is 19.5 Å². The van der Waals surface area contributed by atoms with E-state index in [0.29, 0.717) is 29.4 Å². The van der Waals surface area contributed by atoms with Gasteiger partial charge in [0.05, 0.1) is 38.7 Å². The number of hydrogen-bond donors (Lipinski definition) is 1. The van der Waals surface area contributed by atoms with Crippen molar-refractivity contribution in [2.24, 2.45) is 0 Å². The molecule has 0 saturated heterocycles. The fraction of sp³-hybridized carbons (Fsp3) is 0.381. The SMILES string of the molecule is CC[C@H](NC(=O)[C@H]1CN(S(C)(=O)=O)c2ccccc2O1)c1ccc(OC)c(OC)c1. The van der Waals surface area contributed by atoms with Crippen LogP contribution in [0, 0.1) is 0 Å². The lowest BCUT2D eigenvalue weighted by molar-refractivity contribution is -0.128. The van der Waals surface area contributed by atoms with Gasteiger partial charge in [0.2, 0.25) is 10.0 Å². The van der Waals surface area contributed by atoms with Crippen LogP contribution in [0.2, 0.25) is 0 Å². The van der Waals surface area contributed by atoms with Gasteiger partial charge in [-0.25, -0.2) is 8.42 Å². The van der Waals surface area contributed by atoms with Crippen molar-refractivity contribution >= 4 is 21.6 Å². The van der Waals surface area contributed by atoms with Crippen LogP contribution in [0.4, 0.5) is 5.69 Å². The zero-order valence-corrected chi connectivity index (χ0v) is 18.2. The normalized spacial score (nSPS) is 16.8. The van der Waals surface area contributed by atoms with E-state index in [9.17, 15) is 13.2 Å². The number of fused-ring (bicyclic) bond motifs is 1. The van der Waals surface area contributed by atoms with E-state index in [4.69, 9.17) is 14.2 Å². The highest BCUT2D eigenvalue weighted by Gasteiger charge is 2.35. The maximum atomic E-state index is 13.0. The van der Waals surface area contributed by atoms with Crippen LogP contribution < -0.4 is 23.8 Å². The number of nitrogens with zero attached hydrogens (tertiary/aromatic N) is 1. The van der Waals surface area contributed by atoms with E-state index in [0.717, 1.165) is 11.8 Å². The maximum absolute atomic E-state index is 13.0. The van der Waals surface area contributed by atoms with Crippen LogP contribution in [0.3, 0.4) is 0 Å². The van der Waals surface area contributed by atoms with Crippen molar-refractivity contribution < 1.29 is 27.4 Å². The van der Waals surface area contributed by atoms with Gasteiger partial charge in [-0.2, -0.15) is 0 Å². The summed E-state index contributed by atoms with van der Waals surface area (Å²) in [6, 6.07) is 11.9. The molecule has 2 aromatic carbocycles. The molecule has 0 fully saturated rings. The molecule has 1 aliphatic rings. The quantitative estimate of drug-likeness (QED) is 0.720. The van der Waals surface area contributed by atoms with Gasteiger partial charge >= 0.3 is 0 Å². The minimum Gasteiger partial charge on any atom is -0.493 e. The Morgan fingerprint density at radius 1 is 1.20 bits per heavy atom. The first kappa shape index (κ1) is 21.8. The van der Waals surface area contributed by atoms with Crippen LogP contribution in [0.15, 0.2) is 42.5 Å². The number of carbonyl (C=O) groups excluding carboxylic acids is 1. The van der Waals surface area contributed by atoms with Gasteiger partial charge in [-0.3, -0.25) is 9.10 Å². The van der Waals surface area contributed by atoms with Gasteiger partial charge in [-0.15, -0.1) is 0 Å². The zero-order chi connectivity index (χ0) is 21.9. The van der Waals surface area contributed by atoms with Crippen LogP contribution in [0.5, 0.6) is 17.2 Å². The molecule has 2 aromatic rings.